The summed E-state index contributed by atoms with van der Waals surface area (Å²) in [5.41, 5.74) is -0.399. The molecule has 2 N–H and O–H groups in total. The normalized spacial score (nSPS) is 19.4. The van der Waals surface area contributed by atoms with Gasteiger partial charge in [0.2, 0.25) is 0 Å². The van der Waals surface area contributed by atoms with E-state index in [0.717, 1.165) is 5.56 Å². The number of benzene rings is 2. The molecule has 1 aliphatic heterocycles. The maximum Gasteiger partial charge on any atom is 0.491 e. The smallest absolute Gasteiger partial charge is 0.465 e. The fourth-order valence-corrected chi connectivity index (χ4v) is 4.82. The van der Waals surface area contributed by atoms with Crippen LogP contribution >= 0.6 is 0 Å². The maximum absolute atomic E-state index is 12.7. The Hall–Kier alpha value is -3.80. The van der Waals surface area contributed by atoms with Gasteiger partial charge >= 0.3 is 24.3 Å². The van der Waals surface area contributed by atoms with Crippen molar-refractivity contribution in [3.63, 3.8) is 0 Å². The minimum Gasteiger partial charge on any atom is -0.465 e. The van der Waals surface area contributed by atoms with Crippen LogP contribution in [0.4, 0.5) is 22.8 Å². The number of nitrogens with zero attached hydrogens (tertiary/aromatic N) is 1. The number of carboxylic acid groups (broad SMARTS) is 1. The summed E-state index contributed by atoms with van der Waals surface area (Å²) in [6.07, 6.45) is -6.80. The van der Waals surface area contributed by atoms with Crippen molar-refractivity contribution < 1.29 is 46.9 Å². The van der Waals surface area contributed by atoms with E-state index in [0.29, 0.717) is 12.0 Å². The van der Waals surface area contributed by atoms with Crippen LogP contribution in [-0.2, 0) is 27.1 Å². The molecule has 41 heavy (non-hydrogen) atoms. The predicted molar refractivity (Wildman–Crippen MR) is 142 cm³/mol. The van der Waals surface area contributed by atoms with Crippen LogP contribution in [0.25, 0.3) is 0 Å². The van der Waals surface area contributed by atoms with Gasteiger partial charge in [-0.05, 0) is 77.1 Å². The third kappa shape index (κ3) is 9.10. The Bertz CT molecular complexity index is 1210. The second-order valence-corrected chi connectivity index (χ2v) is 11.3. The number of hydrogen-bond donors (Lipinski definition) is 2. The van der Waals surface area contributed by atoms with Crippen molar-refractivity contribution >= 4 is 18.2 Å². The molecular weight excluding hydrogens is 545 g/mol. The minimum atomic E-state index is -5.13. The van der Waals surface area contributed by atoms with E-state index in [9.17, 15) is 32.7 Å². The molecule has 2 amide bonds. The van der Waals surface area contributed by atoms with Gasteiger partial charge in [0.15, 0.2) is 0 Å². The number of ether oxygens (including phenoxy) is 3. The van der Waals surface area contributed by atoms with Crippen LogP contribution in [0, 0.1) is 0 Å². The number of nitrogens with one attached hydrogen (secondary N) is 1. The lowest BCUT2D eigenvalue weighted by Crippen LogP contribution is -2.49. The summed E-state index contributed by atoms with van der Waals surface area (Å²) >= 11 is 0. The number of esters is 1. The molecule has 1 heterocycles. The van der Waals surface area contributed by atoms with E-state index in [1.54, 1.807) is 34.6 Å². The summed E-state index contributed by atoms with van der Waals surface area (Å²) in [7, 11) is 0. The number of carbonyl (C=O) groups excluding carboxylic acids is 2. The van der Waals surface area contributed by atoms with Gasteiger partial charge in [0.05, 0.1) is 12.1 Å². The standard InChI is InChI=1S/C29H35F3N2O7/c1-27(2,3)41-25(36)33-20(15-18-9-7-6-8-10-18)17-23-22(34(26(37)38)28(4,5)40-23)16-19-11-13-21(14-12-19)39-24(35)29(30,31)32/h6-14,20,22-23H,15-17H2,1-5H3,(H,33,36)(H,37,38)/t20-,22+,23+/m1/s1. The van der Waals surface area contributed by atoms with Gasteiger partial charge in [0.1, 0.15) is 17.1 Å². The van der Waals surface area contributed by atoms with Crippen LogP contribution < -0.4 is 10.1 Å². The monoisotopic (exact) mass is 580 g/mol. The zero-order valence-corrected chi connectivity index (χ0v) is 23.5. The van der Waals surface area contributed by atoms with E-state index in [1.165, 1.54) is 29.2 Å². The van der Waals surface area contributed by atoms with Gasteiger partial charge in [-0.25, -0.2) is 14.4 Å². The van der Waals surface area contributed by atoms with Crippen LogP contribution in [0.15, 0.2) is 54.6 Å². The first-order chi connectivity index (χ1) is 18.9. The van der Waals surface area contributed by atoms with Gasteiger partial charge in [-0.2, -0.15) is 13.2 Å². The van der Waals surface area contributed by atoms with Gasteiger partial charge in [-0.3, -0.25) is 4.90 Å². The van der Waals surface area contributed by atoms with Crippen molar-refractivity contribution in [2.45, 2.75) is 89.6 Å². The molecule has 0 aromatic heterocycles. The third-order valence-corrected chi connectivity index (χ3v) is 6.36. The van der Waals surface area contributed by atoms with Gasteiger partial charge in [-0.15, -0.1) is 0 Å². The van der Waals surface area contributed by atoms with Crippen LogP contribution in [-0.4, -0.2) is 63.9 Å². The molecule has 3 atom stereocenters. The van der Waals surface area contributed by atoms with Crippen LogP contribution in [0.1, 0.15) is 52.2 Å². The van der Waals surface area contributed by atoms with E-state index in [2.05, 4.69) is 10.1 Å². The number of carbonyl (C=O) groups is 3. The first-order valence-electron chi connectivity index (χ1n) is 13.1. The van der Waals surface area contributed by atoms with E-state index in [-0.39, 0.29) is 18.6 Å². The quantitative estimate of drug-likeness (QED) is 0.304. The molecule has 0 unspecified atom stereocenters. The van der Waals surface area contributed by atoms with E-state index >= 15 is 0 Å². The molecule has 2 aromatic carbocycles. The minimum absolute atomic E-state index is 0.151. The average molecular weight is 581 g/mol. The lowest BCUT2D eigenvalue weighted by Gasteiger charge is -2.31. The molecule has 12 heteroatoms. The molecule has 0 saturated carbocycles. The highest BCUT2D eigenvalue weighted by atomic mass is 19.4. The van der Waals surface area contributed by atoms with E-state index < -0.39 is 53.8 Å². The highest BCUT2D eigenvalue weighted by molar-refractivity contribution is 5.78. The van der Waals surface area contributed by atoms with Gasteiger partial charge in [-0.1, -0.05) is 42.5 Å². The molecule has 0 bridgehead atoms. The fourth-order valence-electron chi connectivity index (χ4n) is 4.82. The van der Waals surface area contributed by atoms with Crippen molar-refractivity contribution in [3.8, 4) is 5.75 Å². The van der Waals surface area contributed by atoms with Gasteiger partial charge in [0.25, 0.3) is 0 Å². The maximum atomic E-state index is 12.7. The molecule has 0 radical (unpaired) electrons. The van der Waals surface area contributed by atoms with E-state index in [1.807, 2.05) is 30.3 Å². The Kier molecular flexibility index (Phi) is 9.58. The molecule has 1 saturated heterocycles. The van der Waals surface area contributed by atoms with Crippen molar-refractivity contribution in [3.05, 3.63) is 65.7 Å². The lowest BCUT2D eigenvalue weighted by atomic mass is 9.93. The first-order valence-corrected chi connectivity index (χ1v) is 13.1. The Morgan fingerprint density at radius 3 is 2.17 bits per heavy atom. The predicted octanol–water partition coefficient (Wildman–Crippen LogP) is 5.71. The highest BCUT2D eigenvalue weighted by Crippen LogP contribution is 2.36. The van der Waals surface area contributed by atoms with Crippen molar-refractivity contribution in [1.29, 1.82) is 0 Å². The van der Waals surface area contributed by atoms with Gasteiger partial charge in [0, 0.05) is 6.04 Å². The second kappa shape index (κ2) is 12.4. The summed E-state index contributed by atoms with van der Waals surface area (Å²) in [4.78, 5) is 37.4. The molecule has 2 aromatic rings. The fraction of sp³-hybridized carbons (Fsp3) is 0.483. The number of rotatable bonds is 8. The lowest BCUT2D eigenvalue weighted by molar-refractivity contribution is -0.189. The highest BCUT2D eigenvalue weighted by Gasteiger charge is 2.50. The molecule has 0 spiro atoms. The Morgan fingerprint density at radius 1 is 1.02 bits per heavy atom. The summed E-state index contributed by atoms with van der Waals surface area (Å²) < 4.78 is 53.6. The molecule has 9 nitrogen and oxygen atoms in total. The van der Waals surface area contributed by atoms with Crippen molar-refractivity contribution in [1.82, 2.24) is 10.2 Å². The number of amides is 2. The molecule has 224 valence electrons. The SMILES string of the molecule is CC(C)(C)OC(=O)N[C@H](Cc1ccccc1)C[C@@H]1OC(C)(C)N(C(=O)O)[C@H]1Cc1ccc(OC(=O)C(F)(F)F)cc1. The molecule has 1 fully saturated rings. The van der Waals surface area contributed by atoms with Gasteiger partial charge < -0.3 is 24.6 Å². The van der Waals surface area contributed by atoms with Crippen LogP contribution in [0.5, 0.6) is 5.75 Å². The molecule has 1 aliphatic rings. The Labute approximate surface area is 236 Å². The molecule has 3 rings (SSSR count). The van der Waals surface area contributed by atoms with Crippen molar-refractivity contribution in [2.75, 3.05) is 0 Å². The first kappa shape index (κ1) is 31.7. The zero-order chi connectivity index (χ0) is 30.6. The van der Waals surface area contributed by atoms with Crippen LogP contribution in [0.2, 0.25) is 0 Å². The third-order valence-electron chi connectivity index (χ3n) is 6.36. The Balaban J connectivity index is 1.85. The summed E-state index contributed by atoms with van der Waals surface area (Å²) in [6, 6.07) is 13.6. The summed E-state index contributed by atoms with van der Waals surface area (Å²) in [5.74, 6) is -2.63. The summed E-state index contributed by atoms with van der Waals surface area (Å²) in [6.45, 7) is 8.50. The number of hydrogen-bond acceptors (Lipinski definition) is 6. The topological polar surface area (TPSA) is 114 Å². The second-order valence-electron chi connectivity index (χ2n) is 11.3. The van der Waals surface area contributed by atoms with E-state index in [4.69, 9.17) is 9.47 Å². The largest absolute Gasteiger partial charge is 0.491 e. The molecule has 0 aliphatic carbocycles. The zero-order valence-electron chi connectivity index (χ0n) is 23.5. The Morgan fingerprint density at radius 2 is 1.63 bits per heavy atom. The number of halogens is 3. The van der Waals surface area contributed by atoms with Crippen LogP contribution in [0.3, 0.4) is 0 Å². The average Bonchev–Trinajstić information content (AvgIpc) is 3.07. The number of alkyl halides is 3. The summed E-state index contributed by atoms with van der Waals surface area (Å²) in [5, 5.41) is 13.0. The number of alkyl carbamates (subject to hydrolysis) is 1. The molecular formula is C29H35F3N2O7. The van der Waals surface area contributed by atoms with Crippen molar-refractivity contribution in [2.24, 2.45) is 0 Å².